The van der Waals surface area contributed by atoms with E-state index in [9.17, 15) is 10.2 Å². The summed E-state index contributed by atoms with van der Waals surface area (Å²) in [6.07, 6.45) is 12.0. The van der Waals surface area contributed by atoms with Gasteiger partial charge in [0.1, 0.15) is 17.2 Å². The Labute approximate surface area is 185 Å². The van der Waals surface area contributed by atoms with Gasteiger partial charge in [-0.3, -0.25) is 0 Å². The van der Waals surface area contributed by atoms with Crippen LogP contribution < -0.4 is 5.32 Å². The lowest BCUT2D eigenvalue weighted by Crippen LogP contribution is -2.06. The van der Waals surface area contributed by atoms with Gasteiger partial charge in [0, 0.05) is 17.7 Å². The fourth-order valence-electron chi connectivity index (χ4n) is 3.58. The molecule has 0 atom stereocenters. The summed E-state index contributed by atoms with van der Waals surface area (Å²) in [6, 6.07) is 14.0. The first-order chi connectivity index (χ1) is 15.2. The van der Waals surface area contributed by atoms with Crippen LogP contribution in [0.4, 0.5) is 5.82 Å². The predicted molar refractivity (Wildman–Crippen MR) is 127 cm³/mol. The first-order valence-electron chi connectivity index (χ1n) is 11.4. The zero-order valence-electron chi connectivity index (χ0n) is 18.3. The first-order valence-corrected chi connectivity index (χ1v) is 11.4. The largest absolute Gasteiger partial charge is 0.508 e. The molecule has 31 heavy (non-hydrogen) atoms. The standard InChI is InChI=1S/C26H33N3O2/c1-2-3-4-5-6-7-8-9-18-27-26-25(21-12-16-23(31)17-13-21)29-24(19-28-26)20-10-14-22(30)15-11-20/h10-17,19,30-31H,2-9,18H2,1H3,(H,27,28). The molecule has 2 aromatic carbocycles. The van der Waals surface area contributed by atoms with E-state index >= 15 is 0 Å². The molecule has 1 heterocycles. The van der Waals surface area contributed by atoms with Crippen molar-refractivity contribution in [3.05, 3.63) is 54.7 Å². The van der Waals surface area contributed by atoms with Crippen LogP contribution in [0.1, 0.15) is 58.3 Å². The lowest BCUT2D eigenvalue weighted by Gasteiger charge is -2.13. The summed E-state index contributed by atoms with van der Waals surface area (Å²) in [6.45, 7) is 3.10. The van der Waals surface area contributed by atoms with Crippen LogP contribution in [0.2, 0.25) is 0 Å². The minimum Gasteiger partial charge on any atom is -0.508 e. The first kappa shape index (κ1) is 22.6. The number of anilines is 1. The molecule has 164 valence electrons. The molecule has 0 radical (unpaired) electrons. The highest BCUT2D eigenvalue weighted by Gasteiger charge is 2.11. The zero-order chi connectivity index (χ0) is 21.9. The molecule has 0 spiro atoms. The Bertz CT molecular complexity index is 924. The molecule has 0 amide bonds. The number of hydrogen-bond acceptors (Lipinski definition) is 5. The monoisotopic (exact) mass is 419 g/mol. The molecule has 0 aliphatic rings. The van der Waals surface area contributed by atoms with Gasteiger partial charge in [0.05, 0.1) is 11.9 Å². The molecule has 0 bridgehead atoms. The lowest BCUT2D eigenvalue weighted by atomic mass is 10.1. The third-order valence-corrected chi connectivity index (χ3v) is 5.40. The average Bonchev–Trinajstić information content (AvgIpc) is 2.79. The quantitative estimate of drug-likeness (QED) is 0.282. The van der Waals surface area contributed by atoms with Crippen molar-refractivity contribution in [2.75, 3.05) is 11.9 Å². The molecule has 3 aromatic rings. The van der Waals surface area contributed by atoms with E-state index in [2.05, 4.69) is 17.2 Å². The summed E-state index contributed by atoms with van der Waals surface area (Å²) in [4.78, 5) is 9.49. The molecular formula is C26H33N3O2. The van der Waals surface area contributed by atoms with Crippen molar-refractivity contribution >= 4 is 5.82 Å². The van der Waals surface area contributed by atoms with Gasteiger partial charge in [-0.15, -0.1) is 0 Å². The summed E-state index contributed by atoms with van der Waals surface area (Å²) in [5, 5.41) is 22.6. The average molecular weight is 420 g/mol. The number of phenols is 2. The maximum Gasteiger partial charge on any atom is 0.152 e. The molecule has 0 aliphatic carbocycles. The summed E-state index contributed by atoms with van der Waals surface area (Å²) in [5.41, 5.74) is 3.27. The highest BCUT2D eigenvalue weighted by Crippen LogP contribution is 2.29. The van der Waals surface area contributed by atoms with Gasteiger partial charge in [0.15, 0.2) is 5.82 Å². The fraction of sp³-hybridized carbons (Fsp3) is 0.385. The minimum atomic E-state index is 0.221. The number of phenolic OH excluding ortho intramolecular Hbond substituents is 2. The molecular weight excluding hydrogens is 386 g/mol. The van der Waals surface area contributed by atoms with E-state index in [0.29, 0.717) is 0 Å². The molecule has 0 unspecified atom stereocenters. The molecule has 5 nitrogen and oxygen atoms in total. The molecule has 0 saturated carbocycles. The molecule has 0 fully saturated rings. The van der Waals surface area contributed by atoms with E-state index in [-0.39, 0.29) is 11.5 Å². The van der Waals surface area contributed by atoms with E-state index in [1.807, 2.05) is 24.3 Å². The van der Waals surface area contributed by atoms with Crippen molar-refractivity contribution in [3.8, 4) is 34.0 Å². The molecule has 5 heteroatoms. The smallest absolute Gasteiger partial charge is 0.152 e. The van der Waals surface area contributed by atoms with Gasteiger partial charge in [-0.2, -0.15) is 0 Å². The third kappa shape index (κ3) is 6.99. The van der Waals surface area contributed by atoms with Crippen LogP contribution >= 0.6 is 0 Å². The highest BCUT2D eigenvalue weighted by atomic mass is 16.3. The van der Waals surface area contributed by atoms with Gasteiger partial charge in [0.2, 0.25) is 0 Å². The summed E-state index contributed by atoms with van der Waals surface area (Å²) in [7, 11) is 0. The van der Waals surface area contributed by atoms with Gasteiger partial charge in [-0.05, 0) is 55.0 Å². The van der Waals surface area contributed by atoms with Crippen LogP contribution in [0, 0.1) is 0 Å². The van der Waals surface area contributed by atoms with E-state index < -0.39 is 0 Å². The van der Waals surface area contributed by atoms with Crippen LogP contribution in [-0.2, 0) is 0 Å². The topological polar surface area (TPSA) is 78.3 Å². The summed E-state index contributed by atoms with van der Waals surface area (Å²) in [5.74, 6) is 1.19. The van der Waals surface area contributed by atoms with Crippen molar-refractivity contribution in [3.63, 3.8) is 0 Å². The number of nitrogens with zero attached hydrogens (tertiary/aromatic N) is 2. The number of aromatic hydroxyl groups is 2. The molecule has 0 aliphatic heterocycles. The molecule has 1 aromatic heterocycles. The number of aromatic nitrogens is 2. The van der Waals surface area contributed by atoms with E-state index in [1.165, 1.54) is 44.9 Å². The summed E-state index contributed by atoms with van der Waals surface area (Å²) < 4.78 is 0. The Morgan fingerprint density at radius 2 is 1.26 bits per heavy atom. The van der Waals surface area contributed by atoms with Crippen LogP contribution in [0.3, 0.4) is 0 Å². The van der Waals surface area contributed by atoms with Gasteiger partial charge < -0.3 is 15.5 Å². The van der Waals surface area contributed by atoms with Crippen LogP contribution in [0.25, 0.3) is 22.5 Å². The maximum absolute atomic E-state index is 9.65. The van der Waals surface area contributed by atoms with Gasteiger partial charge in [-0.1, -0.05) is 51.9 Å². The van der Waals surface area contributed by atoms with Crippen LogP contribution in [0.15, 0.2) is 54.7 Å². The molecule has 3 rings (SSSR count). The second-order valence-corrected chi connectivity index (χ2v) is 7.95. The SMILES string of the molecule is CCCCCCCCCCNc1ncc(-c2ccc(O)cc2)nc1-c1ccc(O)cc1. The summed E-state index contributed by atoms with van der Waals surface area (Å²) >= 11 is 0. The Balaban J connectivity index is 1.66. The number of unbranched alkanes of at least 4 members (excludes halogenated alkanes) is 7. The van der Waals surface area contributed by atoms with Crippen molar-refractivity contribution in [2.24, 2.45) is 0 Å². The normalized spacial score (nSPS) is 10.9. The third-order valence-electron chi connectivity index (χ3n) is 5.40. The number of benzene rings is 2. The second-order valence-electron chi connectivity index (χ2n) is 7.95. The zero-order valence-corrected chi connectivity index (χ0v) is 18.3. The fourth-order valence-corrected chi connectivity index (χ4v) is 3.58. The van der Waals surface area contributed by atoms with E-state index in [0.717, 1.165) is 41.3 Å². The van der Waals surface area contributed by atoms with Crippen molar-refractivity contribution in [1.82, 2.24) is 9.97 Å². The molecule has 3 N–H and O–H groups in total. The number of rotatable bonds is 12. The van der Waals surface area contributed by atoms with Gasteiger partial charge in [0.25, 0.3) is 0 Å². The Morgan fingerprint density at radius 3 is 1.87 bits per heavy atom. The number of hydrogen-bond donors (Lipinski definition) is 3. The van der Waals surface area contributed by atoms with Crippen molar-refractivity contribution < 1.29 is 10.2 Å². The van der Waals surface area contributed by atoms with Gasteiger partial charge in [-0.25, -0.2) is 9.97 Å². The van der Waals surface area contributed by atoms with Crippen LogP contribution in [-0.4, -0.2) is 26.7 Å². The Hall–Kier alpha value is -3.08. The van der Waals surface area contributed by atoms with Crippen molar-refractivity contribution in [2.45, 2.75) is 58.3 Å². The molecule has 0 saturated heterocycles. The lowest BCUT2D eigenvalue weighted by molar-refractivity contribution is 0.475. The van der Waals surface area contributed by atoms with Crippen LogP contribution in [0.5, 0.6) is 11.5 Å². The van der Waals surface area contributed by atoms with E-state index in [1.54, 1.807) is 30.5 Å². The second kappa shape index (κ2) is 11.9. The highest BCUT2D eigenvalue weighted by molar-refractivity contribution is 5.74. The Morgan fingerprint density at radius 1 is 0.710 bits per heavy atom. The maximum atomic E-state index is 9.65. The van der Waals surface area contributed by atoms with Crippen molar-refractivity contribution in [1.29, 1.82) is 0 Å². The minimum absolute atomic E-state index is 0.221. The predicted octanol–water partition coefficient (Wildman–Crippen LogP) is 6.77. The van der Waals surface area contributed by atoms with Gasteiger partial charge >= 0.3 is 0 Å². The number of nitrogens with one attached hydrogen (secondary N) is 1. The van der Waals surface area contributed by atoms with E-state index in [4.69, 9.17) is 4.98 Å². The Kier molecular flexibility index (Phi) is 8.71.